The third-order valence-corrected chi connectivity index (χ3v) is 3.92. The largest absolute Gasteiger partial charge is 0.346 e. The lowest BCUT2D eigenvalue weighted by Gasteiger charge is -2.21. The van der Waals surface area contributed by atoms with E-state index in [1.165, 1.54) is 5.56 Å². The molecule has 1 aliphatic rings. The summed E-state index contributed by atoms with van der Waals surface area (Å²) in [6.45, 7) is 3.73. The van der Waals surface area contributed by atoms with Crippen molar-refractivity contribution in [2.45, 2.75) is 26.4 Å². The van der Waals surface area contributed by atoms with Crippen LogP contribution in [0.1, 0.15) is 32.9 Å². The van der Waals surface area contributed by atoms with Crippen molar-refractivity contribution in [1.29, 1.82) is 0 Å². The summed E-state index contributed by atoms with van der Waals surface area (Å²) in [4.78, 5) is 19.9. The molecule has 0 spiro atoms. The number of amides is 1. The van der Waals surface area contributed by atoms with Gasteiger partial charge in [-0.2, -0.15) is 0 Å². The topological polar surface area (TPSA) is 66.9 Å². The van der Waals surface area contributed by atoms with Gasteiger partial charge in [-0.1, -0.05) is 0 Å². The molecule has 3 heterocycles. The van der Waals surface area contributed by atoms with Gasteiger partial charge in [0.05, 0.1) is 6.20 Å². The fourth-order valence-corrected chi connectivity index (χ4v) is 2.71. The highest BCUT2D eigenvalue weighted by Crippen LogP contribution is 2.20. The molecular formula is C16H18Cl2F2N4O. The molecule has 1 amide bonds. The van der Waals surface area contributed by atoms with E-state index in [0.29, 0.717) is 6.07 Å². The summed E-state index contributed by atoms with van der Waals surface area (Å²) in [5, 5.41) is 5.91. The first-order valence-electron chi connectivity index (χ1n) is 7.32. The van der Waals surface area contributed by atoms with Crippen LogP contribution in [0.5, 0.6) is 0 Å². The van der Waals surface area contributed by atoms with Gasteiger partial charge < -0.3 is 10.6 Å². The van der Waals surface area contributed by atoms with E-state index in [0.717, 1.165) is 42.5 Å². The Bertz CT molecular complexity index is 774. The van der Waals surface area contributed by atoms with Crippen molar-refractivity contribution in [2.75, 3.05) is 6.54 Å². The lowest BCUT2D eigenvalue weighted by Crippen LogP contribution is -2.29. The molecule has 0 aromatic carbocycles. The second-order valence-corrected chi connectivity index (χ2v) is 5.42. The number of carbonyl (C=O) groups is 1. The summed E-state index contributed by atoms with van der Waals surface area (Å²) in [5.41, 5.74) is 3.64. The first kappa shape index (κ1) is 21.2. The van der Waals surface area contributed by atoms with E-state index in [9.17, 15) is 13.6 Å². The zero-order valence-electron chi connectivity index (χ0n) is 13.4. The van der Waals surface area contributed by atoms with Crippen molar-refractivity contribution in [3.8, 4) is 0 Å². The van der Waals surface area contributed by atoms with Gasteiger partial charge in [-0.3, -0.25) is 9.78 Å². The van der Waals surface area contributed by atoms with Crippen molar-refractivity contribution >= 4 is 30.7 Å². The number of pyridine rings is 2. The quantitative estimate of drug-likeness (QED) is 0.844. The van der Waals surface area contributed by atoms with Crippen LogP contribution in [0.15, 0.2) is 18.5 Å². The Morgan fingerprint density at radius 3 is 2.76 bits per heavy atom. The summed E-state index contributed by atoms with van der Waals surface area (Å²) >= 11 is 0. The zero-order chi connectivity index (χ0) is 16.4. The molecule has 0 bridgehead atoms. The van der Waals surface area contributed by atoms with E-state index in [-0.39, 0.29) is 31.4 Å². The van der Waals surface area contributed by atoms with Crippen LogP contribution in [0, 0.1) is 18.6 Å². The number of nitrogens with zero attached hydrogens (tertiary/aromatic N) is 2. The molecule has 1 aliphatic heterocycles. The smallest absolute Gasteiger partial charge is 0.273 e. The van der Waals surface area contributed by atoms with E-state index in [1.54, 1.807) is 0 Å². The number of rotatable bonds is 3. The Balaban J connectivity index is 0.00000156. The highest BCUT2D eigenvalue weighted by atomic mass is 35.5. The molecule has 0 radical (unpaired) electrons. The normalized spacial score (nSPS) is 12.4. The first-order chi connectivity index (χ1) is 11.1. The van der Waals surface area contributed by atoms with Crippen LogP contribution in [0.4, 0.5) is 8.78 Å². The molecule has 0 aliphatic carbocycles. The van der Waals surface area contributed by atoms with Crippen LogP contribution in [0.3, 0.4) is 0 Å². The molecule has 0 unspecified atom stereocenters. The molecular weight excluding hydrogens is 373 g/mol. The van der Waals surface area contributed by atoms with Crippen LogP contribution in [0.2, 0.25) is 0 Å². The minimum Gasteiger partial charge on any atom is -0.346 e. The summed E-state index contributed by atoms with van der Waals surface area (Å²) in [5.74, 6) is -2.46. The summed E-state index contributed by atoms with van der Waals surface area (Å²) in [6.07, 6.45) is 3.51. The molecule has 0 fully saturated rings. The maximum atomic E-state index is 13.6. The average Bonchev–Trinajstić information content (AvgIpc) is 2.53. The van der Waals surface area contributed by atoms with E-state index in [2.05, 4.69) is 20.6 Å². The Morgan fingerprint density at radius 1 is 1.28 bits per heavy atom. The summed E-state index contributed by atoms with van der Waals surface area (Å²) < 4.78 is 26.5. The van der Waals surface area contributed by atoms with Gasteiger partial charge in [-0.15, -0.1) is 24.8 Å². The van der Waals surface area contributed by atoms with E-state index in [1.807, 2.05) is 13.1 Å². The molecule has 25 heavy (non-hydrogen) atoms. The van der Waals surface area contributed by atoms with Gasteiger partial charge in [0.1, 0.15) is 5.82 Å². The molecule has 0 atom stereocenters. The Hall–Kier alpha value is -1.83. The van der Waals surface area contributed by atoms with Gasteiger partial charge in [-0.05, 0) is 36.6 Å². The number of hydrogen-bond acceptors (Lipinski definition) is 4. The molecule has 5 nitrogen and oxygen atoms in total. The predicted molar refractivity (Wildman–Crippen MR) is 94.2 cm³/mol. The fraction of sp³-hybridized carbons (Fsp3) is 0.312. The first-order valence-corrected chi connectivity index (χ1v) is 7.32. The summed E-state index contributed by atoms with van der Waals surface area (Å²) in [6, 6.07) is 0.644. The number of aryl methyl sites for hydroxylation is 1. The lowest BCUT2D eigenvalue weighted by atomic mass is 9.96. The van der Waals surface area contributed by atoms with Gasteiger partial charge in [-0.25, -0.2) is 13.8 Å². The van der Waals surface area contributed by atoms with E-state index in [4.69, 9.17) is 0 Å². The Labute approximate surface area is 156 Å². The molecule has 2 N–H and O–H groups in total. The van der Waals surface area contributed by atoms with E-state index < -0.39 is 23.2 Å². The Morgan fingerprint density at radius 2 is 2.04 bits per heavy atom. The van der Waals surface area contributed by atoms with Crippen LogP contribution in [0.25, 0.3) is 0 Å². The highest BCUT2D eigenvalue weighted by molar-refractivity contribution is 5.92. The van der Waals surface area contributed by atoms with Crippen molar-refractivity contribution in [2.24, 2.45) is 0 Å². The second-order valence-electron chi connectivity index (χ2n) is 5.42. The van der Waals surface area contributed by atoms with Crippen molar-refractivity contribution in [3.63, 3.8) is 0 Å². The molecule has 2 aromatic rings. The summed E-state index contributed by atoms with van der Waals surface area (Å²) in [7, 11) is 0. The van der Waals surface area contributed by atoms with Gasteiger partial charge >= 0.3 is 0 Å². The lowest BCUT2D eigenvalue weighted by molar-refractivity contribution is 0.0941. The third kappa shape index (κ3) is 4.62. The van der Waals surface area contributed by atoms with Crippen LogP contribution >= 0.6 is 24.8 Å². The van der Waals surface area contributed by atoms with Gasteiger partial charge in [0.2, 0.25) is 0 Å². The van der Waals surface area contributed by atoms with Crippen molar-refractivity contribution in [3.05, 3.63) is 58.2 Å². The molecule has 2 aromatic heterocycles. The SMILES string of the molecule is Cc1ncc2c(c1CNC(=O)c1ncc(F)cc1F)CCNC2.Cl.Cl. The monoisotopic (exact) mass is 390 g/mol. The number of hydrogen-bond donors (Lipinski definition) is 2. The van der Waals surface area contributed by atoms with Crippen molar-refractivity contribution < 1.29 is 13.6 Å². The average molecular weight is 391 g/mol. The number of nitrogens with one attached hydrogen (secondary N) is 2. The van der Waals surface area contributed by atoms with Crippen LogP contribution in [-0.4, -0.2) is 22.4 Å². The van der Waals surface area contributed by atoms with Crippen LogP contribution < -0.4 is 10.6 Å². The second kappa shape index (κ2) is 9.03. The number of halogens is 4. The maximum absolute atomic E-state index is 13.6. The molecule has 3 rings (SSSR count). The standard InChI is InChI=1S/C16H16F2N4O.2ClH/c1-9-13(12-2-3-19-5-10(12)6-20-9)8-22-16(23)15-14(18)4-11(17)7-21-15;;/h4,6-7,19H,2-3,5,8H2,1H3,(H,22,23);2*1H. The molecule has 136 valence electrons. The molecule has 0 saturated carbocycles. The number of aromatic nitrogens is 2. The third-order valence-electron chi connectivity index (χ3n) is 3.92. The minimum absolute atomic E-state index is 0. The molecule has 0 saturated heterocycles. The maximum Gasteiger partial charge on any atom is 0.273 e. The predicted octanol–water partition coefficient (Wildman–Crippen LogP) is 2.48. The zero-order valence-corrected chi connectivity index (χ0v) is 15.1. The number of fused-ring (bicyclic) bond motifs is 1. The van der Waals surface area contributed by atoms with Gasteiger partial charge in [0, 0.05) is 31.0 Å². The van der Waals surface area contributed by atoms with Crippen LogP contribution in [-0.2, 0) is 19.5 Å². The van der Waals surface area contributed by atoms with Crippen molar-refractivity contribution in [1.82, 2.24) is 20.6 Å². The van der Waals surface area contributed by atoms with E-state index >= 15 is 0 Å². The Kier molecular flexibility index (Phi) is 7.66. The molecule has 9 heteroatoms. The minimum atomic E-state index is -0.975. The van der Waals surface area contributed by atoms with Gasteiger partial charge in [0.15, 0.2) is 11.5 Å². The van der Waals surface area contributed by atoms with Gasteiger partial charge in [0.25, 0.3) is 5.91 Å². The number of carbonyl (C=O) groups excluding carboxylic acids is 1. The fourth-order valence-electron chi connectivity index (χ4n) is 2.71. The highest BCUT2D eigenvalue weighted by Gasteiger charge is 2.18.